The second kappa shape index (κ2) is 8.08. The largest absolute Gasteiger partial charge is 0.353 e. The maximum absolute atomic E-state index is 12.1. The minimum atomic E-state index is 0. The molecule has 19 heavy (non-hydrogen) atoms. The smallest absolute Gasteiger partial charge is 0.237 e. The highest BCUT2D eigenvalue weighted by Crippen LogP contribution is 2.17. The first-order chi connectivity index (χ1) is 8.70. The monoisotopic (exact) mass is 289 g/mol. The molecule has 1 amide bonds. The van der Waals surface area contributed by atoms with Crippen LogP contribution in [0.5, 0.6) is 0 Å². The summed E-state index contributed by atoms with van der Waals surface area (Å²) in [6.45, 7) is 8.51. The zero-order chi connectivity index (χ0) is 13.0. The fraction of sp³-hybridized carbons (Fsp3) is 0.929. The molecular weight excluding hydrogens is 262 g/mol. The Morgan fingerprint density at radius 3 is 2.89 bits per heavy atom. The number of piperidine rings is 1. The summed E-state index contributed by atoms with van der Waals surface area (Å²) in [6.07, 6.45) is 4.67. The average molecular weight is 290 g/mol. The molecule has 0 bridgehead atoms. The van der Waals surface area contributed by atoms with Gasteiger partial charge in [0.1, 0.15) is 0 Å². The van der Waals surface area contributed by atoms with Crippen LogP contribution in [0.1, 0.15) is 39.5 Å². The van der Waals surface area contributed by atoms with Gasteiger partial charge in [0.15, 0.2) is 0 Å². The lowest BCUT2D eigenvalue weighted by atomic mass is 9.94. The zero-order valence-corrected chi connectivity index (χ0v) is 13.0. The van der Waals surface area contributed by atoms with E-state index in [1.165, 1.54) is 25.8 Å². The van der Waals surface area contributed by atoms with Crippen molar-refractivity contribution in [3.63, 3.8) is 0 Å². The number of likely N-dealkylation sites (N-methyl/N-ethyl adjacent to an activating group) is 1. The van der Waals surface area contributed by atoms with E-state index in [1.54, 1.807) is 0 Å². The van der Waals surface area contributed by atoms with E-state index in [-0.39, 0.29) is 24.4 Å². The lowest BCUT2D eigenvalue weighted by Crippen LogP contribution is -2.50. The molecule has 2 aliphatic rings. The van der Waals surface area contributed by atoms with Crippen LogP contribution in [0.3, 0.4) is 0 Å². The molecule has 0 aromatic heterocycles. The summed E-state index contributed by atoms with van der Waals surface area (Å²) in [7, 11) is 0. The first-order valence-corrected chi connectivity index (χ1v) is 7.45. The third-order valence-corrected chi connectivity index (χ3v) is 4.40. The summed E-state index contributed by atoms with van der Waals surface area (Å²) >= 11 is 0. The highest BCUT2D eigenvalue weighted by Gasteiger charge is 2.27. The molecular formula is C14H28ClN3O. The minimum absolute atomic E-state index is 0. The summed E-state index contributed by atoms with van der Waals surface area (Å²) in [5, 5.41) is 6.46. The van der Waals surface area contributed by atoms with Gasteiger partial charge in [-0.2, -0.15) is 0 Å². The lowest BCUT2D eigenvalue weighted by molar-refractivity contribution is -0.124. The fourth-order valence-electron chi connectivity index (χ4n) is 3.19. The lowest BCUT2D eigenvalue weighted by Gasteiger charge is -2.28. The van der Waals surface area contributed by atoms with E-state index in [4.69, 9.17) is 0 Å². The van der Waals surface area contributed by atoms with Crippen LogP contribution in [0.2, 0.25) is 0 Å². The SMILES string of the molecule is CCN1CCCC1CNC(=O)C1CC(C)CCN1.Cl. The van der Waals surface area contributed by atoms with Crippen molar-refractivity contribution < 1.29 is 4.79 Å². The molecule has 0 aliphatic carbocycles. The number of halogens is 1. The highest BCUT2D eigenvalue weighted by molar-refractivity contribution is 5.85. The van der Waals surface area contributed by atoms with Crippen molar-refractivity contribution in [1.29, 1.82) is 0 Å². The second-order valence-electron chi connectivity index (χ2n) is 5.81. The molecule has 3 atom stereocenters. The maximum atomic E-state index is 12.1. The topological polar surface area (TPSA) is 44.4 Å². The summed E-state index contributed by atoms with van der Waals surface area (Å²) in [5.74, 6) is 0.866. The molecule has 2 aliphatic heterocycles. The van der Waals surface area contributed by atoms with Gasteiger partial charge >= 0.3 is 0 Å². The molecule has 3 unspecified atom stereocenters. The average Bonchev–Trinajstić information content (AvgIpc) is 2.83. The summed E-state index contributed by atoms with van der Waals surface area (Å²) in [6, 6.07) is 0.588. The van der Waals surface area contributed by atoms with Gasteiger partial charge in [-0.25, -0.2) is 0 Å². The molecule has 112 valence electrons. The third-order valence-electron chi connectivity index (χ3n) is 4.40. The Balaban J connectivity index is 0.00000180. The van der Waals surface area contributed by atoms with Crippen LogP contribution in [0.15, 0.2) is 0 Å². The zero-order valence-electron chi connectivity index (χ0n) is 12.2. The molecule has 5 heteroatoms. The number of nitrogens with one attached hydrogen (secondary N) is 2. The van der Waals surface area contributed by atoms with E-state index in [1.807, 2.05) is 0 Å². The number of carbonyl (C=O) groups excluding carboxylic acids is 1. The summed E-state index contributed by atoms with van der Waals surface area (Å²) in [4.78, 5) is 14.6. The molecule has 0 radical (unpaired) electrons. The van der Waals surface area contributed by atoms with Crippen LogP contribution >= 0.6 is 12.4 Å². The predicted octanol–water partition coefficient (Wildman–Crippen LogP) is 1.40. The van der Waals surface area contributed by atoms with Gasteiger partial charge in [-0.3, -0.25) is 9.69 Å². The Morgan fingerprint density at radius 1 is 1.42 bits per heavy atom. The number of amides is 1. The number of hydrogen-bond donors (Lipinski definition) is 2. The van der Waals surface area contributed by atoms with Crippen LogP contribution in [0.25, 0.3) is 0 Å². The van der Waals surface area contributed by atoms with E-state index in [0.717, 1.165) is 26.1 Å². The molecule has 0 aromatic rings. The first-order valence-electron chi connectivity index (χ1n) is 7.45. The van der Waals surface area contributed by atoms with Crippen molar-refractivity contribution >= 4 is 18.3 Å². The van der Waals surface area contributed by atoms with Crippen LogP contribution in [-0.2, 0) is 4.79 Å². The van der Waals surface area contributed by atoms with Gasteiger partial charge in [0.25, 0.3) is 0 Å². The van der Waals surface area contributed by atoms with E-state index in [2.05, 4.69) is 29.4 Å². The summed E-state index contributed by atoms with van der Waals surface area (Å²) in [5.41, 5.74) is 0. The molecule has 0 saturated carbocycles. The Morgan fingerprint density at radius 2 is 2.21 bits per heavy atom. The van der Waals surface area contributed by atoms with Crippen LogP contribution in [0.4, 0.5) is 0 Å². The van der Waals surface area contributed by atoms with E-state index in [0.29, 0.717) is 12.0 Å². The van der Waals surface area contributed by atoms with Gasteiger partial charge in [-0.05, 0) is 51.2 Å². The molecule has 0 aromatic carbocycles. The van der Waals surface area contributed by atoms with Gasteiger partial charge < -0.3 is 10.6 Å². The van der Waals surface area contributed by atoms with Gasteiger partial charge in [-0.1, -0.05) is 13.8 Å². The Hall–Kier alpha value is -0.320. The summed E-state index contributed by atoms with van der Waals surface area (Å²) < 4.78 is 0. The number of carbonyl (C=O) groups is 1. The molecule has 4 nitrogen and oxygen atoms in total. The number of likely N-dealkylation sites (tertiary alicyclic amines) is 1. The molecule has 2 N–H and O–H groups in total. The normalized spacial score (nSPS) is 31.8. The van der Waals surface area contributed by atoms with E-state index >= 15 is 0 Å². The second-order valence-corrected chi connectivity index (χ2v) is 5.81. The van der Waals surface area contributed by atoms with Crippen LogP contribution in [-0.4, -0.2) is 49.1 Å². The molecule has 2 rings (SSSR count). The van der Waals surface area contributed by atoms with E-state index < -0.39 is 0 Å². The van der Waals surface area contributed by atoms with Crippen molar-refractivity contribution in [2.75, 3.05) is 26.2 Å². The number of hydrogen-bond acceptors (Lipinski definition) is 3. The van der Waals surface area contributed by atoms with Gasteiger partial charge in [-0.15, -0.1) is 12.4 Å². The van der Waals surface area contributed by atoms with Crippen LogP contribution in [0, 0.1) is 5.92 Å². The van der Waals surface area contributed by atoms with Crippen molar-refractivity contribution in [3.8, 4) is 0 Å². The maximum Gasteiger partial charge on any atom is 0.237 e. The quantitative estimate of drug-likeness (QED) is 0.822. The fourth-order valence-corrected chi connectivity index (χ4v) is 3.19. The molecule has 0 spiro atoms. The van der Waals surface area contributed by atoms with Crippen molar-refractivity contribution in [2.45, 2.75) is 51.6 Å². The van der Waals surface area contributed by atoms with Crippen molar-refractivity contribution in [1.82, 2.24) is 15.5 Å². The van der Waals surface area contributed by atoms with Gasteiger partial charge in [0, 0.05) is 12.6 Å². The Bertz CT molecular complexity index is 288. The van der Waals surface area contributed by atoms with E-state index in [9.17, 15) is 4.79 Å². The van der Waals surface area contributed by atoms with Crippen molar-refractivity contribution in [2.24, 2.45) is 5.92 Å². The van der Waals surface area contributed by atoms with Crippen molar-refractivity contribution in [3.05, 3.63) is 0 Å². The third kappa shape index (κ3) is 4.62. The number of nitrogens with zero attached hydrogens (tertiary/aromatic N) is 1. The van der Waals surface area contributed by atoms with Crippen LogP contribution < -0.4 is 10.6 Å². The Labute approximate surface area is 123 Å². The van der Waals surface area contributed by atoms with Gasteiger partial charge in [0.05, 0.1) is 6.04 Å². The number of rotatable bonds is 4. The molecule has 2 fully saturated rings. The standard InChI is InChI=1S/C14H27N3O.ClH/c1-3-17-8-4-5-12(17)10-16-14(18)13-9-11(2)6-7-15-13;/h11-13,15H,3-10H2,1-2H3,(H,16,18);1H. The molecule has 2 saturated heterocycles. The van der Waals surface area contributed by atoms with Gasteiger partial charge in [0.2, 0.25) is 5.91 Å². The minimum Gasteiger partial charge on any atom is -0.353 e. The molecule has 2 heterocycles. The Kier molecular flexibility index (Phi) is 7.11. The highest BCUT2D eigenvalue weighted by atomic mass is 35.5. The predicted molar refractivity (Wildman–Crippen MR) is 80.7 cm³/mol. The first kappa shape index (κ1) is 16.7.